The molecule has 0 aliphatic carbocycles. The SMILES string of the molecule is CC(C)(C)C(Nc1ccc(S(N)(=O)=O)cc1[N+](=O)[O-])c1ccccc1. The van der Waals surface area contributed by atoms with Gasteiger partial charge in [0, 0.05) is 6.07 Å². The van der Waals surface area contributed by atoms with E-state index in [0.717, 1.165) is 11.6 Å². The number of hydrogen-bond acceptors (Lipinski definition) is 5. The second kappa shape index (κ2) is 6.81. The summed E-state index contributed by atoms with van der Waals surface area (Å²) in [6, 6.07) is 13.0. The van der Waals surface area contributed by atoms with E-state index < -0.39 is 14.9 Å². The first-order valence-corrected chi connectivity index (χ1v) is 9.17. The van der Waals surface area contributed by atoms with Crippen LogP contribution in [0.5, 0.6) is 0 Å². The molecule has 0 spiro atoms. The van der Waals surface area contributed by atoms with Crippen LogP contribution < -0.4 is 10.5 Å². The number of rotatable bonds is 5. The number of nitrogens with two attached hydrogens (primary N) is 1. The number of hydrogen-bond donors (Lipinski definition) is 2. The van der Waals surface area contributed by atoms with Gasteiger partial charge in [-0.25, -0.2) is 13.6 Å². The smallest absolute Gasteiger partial charge is 0.293 e. The second-order valence-electron chi connectivity index (χ2n) is 6.84. The molecule has 2 aromatic rings. The summed E-state index contributed by atoms with van der Waals surface area (Å²) >= 11 is 0. The van der Waals surface area contributed by atoms with Crippen LogP contribution in [0.2, 0.25) is 0 Å². The van der Waals surface area contributed by atoms with Gasteiger partial charge in [0.05, 0.1) is 15.9 Å². The van der Waals surface area contributed by atoms with Gasteiger partial charge in [0.25, 0.3) is 5.69 Å². The van der Waals surface area contributed by atoms with Crippen molar-refractivity contribution in [2.45, 2.75) is 31.7 Å². The third-order valence-electron chi connectivity index (χ3n) is 3.79. The van der Waals surface area contributed by atoms with E-state index in [2.05, 4.69) is 5.32 Å². The maximum absolute atomic E-state index is 11.5. The number of nitrogens with one attached hydrogen (secondary N) is 1. The highest BCUT2D eigenvalue weighted by Gasteiger charge is 2.29. The Morgan fingerprint density at radius 1 is 1.12 bits per heavy atom. The van der Waals surface area contributed by atoms with Gasteiger partial charge in [-0.2, -0.15) is 0 Å². The summed E-state index contributed by atoms with van der Waals surface area (Å²) in [4.78, 5) is 10.5. The summed E-state index contributed by atoms with van der Waals surface area (Å²) in [6.45, 7) is 6.05. The molecule has 1 atom stereocenters. The normalized spacial score (nSPS) is 13.3. The summed E-state index contributed by atoms with van der Waals surface area (Å²) in [5.41, 5.74) is 0.631. The fourth-order valence-corrected chi connectivity index (χ4v) is 3.10. The van der Waals surface area contributed by atoms with E-state index in [1.54, 1.807) is 0 Å². The monoisotopic (exact) mass is 363 g/mol. The molecule has 0 saturated heterocycles. The van der Waals surface area contributed by atoms with Crippen molar-refractivity contribution in [3.8, 4) is 0 Å². The summed E-state index contributed by atoms with van der Waals surface area (Å²) in [6.07, 6.45) is 0. The summed E-state index contributed by atoms with van der Waals surface area (Å²) in [5, 5.41) is 19.7. The third kappa shape index (κ3) is 4.55. The highest BCUT2D eigenvalue weighted by Crippen LogP contribution is 2.38. The van der Waals surface area contributed by atoms with Gasteiger partial charge in [-0.05, 0) is 23.1 Å². The van der Waals surface area contributed by atoms with Gasteiger partial charge >= 0.3 is 0 Å². The van der Waals surface area contributed by atoms with E-state index in [9.17, 15) is 18.5 Å². The Hall–Kier alpha value is -2.45. The van der Waals surface area contributed by atoms with Crippen LogP contribution in [0.25, 0.3) is 0 Å². The first-order valence-electron chi connectivity index (χ1n) is 7.63. The topological polar surface area (TPSA) is 115 Å². The average molecular weight is 363 g/mol. The Balaban J connectivity index is 2.51. The molecule has 25 heavy (non-hydrogen) atoms. The van der Waals surface area contributed by atoms with Crippen LogP contribution in [-0.4, -0.2) is 13.3 Å². The lowest BCUT2D eigenvalue weighted by molar-refractivity contribution is -0.384. The van der Waals surface area contributed by atoms with Crippen LogP contribution in [0.3, 0.4) is 0 Å². The molecule has 0 radical (unpaired) electrons. The Morgan fingerprint density at radius 3 is 2.20 bits per heavy atom. The van der Waals surface area contributed by atoms with Crippen molar-refractivity contribution in [2.75, 3.05) is 5.32 Å². The number of nitro groups is 1. The molecule has 0 bridgehead atoms. The zero-order valence-electron chi connectivity index (χ0n) is 14.3. The highest BCUT2D eigenvalue weighted by molar-refractivity contribution is 7.89. The Kier molecular flexibility index (Phi) is 5.15. The molecule has 0 amide bonds. The van der Waals surface area contributed by atoms with Crippen LogP contribution in [0, 0.1) is 15.5 Å². The molecular weight excluding hydrogens is 342 g/mol. The minimum atomic E-state index is -4.02. The summed E-state index contributed by atoms with van der Waals surface area (Å²) < 4.78 is 22.9. The number of primary sulfonamides is 1. The predicted molar refractivity (Wildman–Crippen MR) is 96.7 cm³/mol. The number of nitrogens with zero attached hydrogens (tertiary/aromatic N) is 1. The summed E-state index contributed by atoms with van der Waals surface area (Å²) in [5.74, 6) is 0. The van der Waals surface area contributed by atoms with Crippen molar-refractivity contribution in [2.24, 2.45) is 10.6 Å². The van der Waals surface area contributed by atoms with Gasteiger partial charge in [0.1, 0.15) is 5.69 Å². The number of anilines is 1. The lowest BCUT2D eigenvalue weighted by atomic mass is 9.82. The van der Waals surface area contributed by atoms with Crippen molar-refractivity contribution in [3.63, 3.8) is 0 Å². The molecule has 0 aliphatic rings. The van der Waals surface area contributed by atoms with E-state index in [1.165, 1.54) is 12.1 Å². The van der Waals surface area contributed by atoms with E-state index >= 15 is 0 Å². The molecule has 1 unspecified atom stereocenters. The minimum Gasteiger partial charge on any atom is -0.372 e. The van der Waals surface area contributed by atoms with Crippen molar-refractivity contribution in [1.29, 1.82) is 0 Å². The first kappa shape index (κ1) is 18.9. The molecule has 134 valence electrons. The largest absolute Gasteiger partial charge is 0.372 e. The predicted octanol–water partition coefficient (Wildman–Crippen LogP) is 3.44. The number of sulfonamides is 1. The lowest BCUT2D eigenvalue weighted by Crippen LogP contribution is -2.26. The van der Waals surface area contributed by atoms with Crippen molar-refractivity contribution in [3.05, 3.63) is 64.2 Å². The van der Waals surface area contributed by atoms with Crippen molar-refractivity contribution < 1.29 is 13.3 Å². The average Bonchev–Trinajstić information content (AvgIpc) is 2.51. The molecule has 0 aromatic heterocycles. The molecule has 0 heterocycles. The van der Waals surface area contributed by atoms with E-state index in [0.29, 0.717) is 0 Å². The van der Waals surface area contributed by atoms with Gasteiger partial charge in [0.2, 0.25) is 10.0 Å². The van der Waals surface area contributed by atoms with Crippen LogP contribution in [-0.2, 0) is 10.0 Å². The molecule has 8 heteroatoms. The van der Waals surface area contributed by atoms with Gasteiger partial charge in [0.15, 0.2) is 0 Å². The minimum absolute atomic E-state index is 0.215. The van der Waals surface area contributed by atoms with E-state index in [-0.39, 0.29) is 27.7 Å². The van der Waals surface area contributed by atoms with Gasteiger partial charge < -0.3 is 5.32 Å². The molecule has 3 N–H and O–H groups in total. The molecule has 7 nitrogen and oxygen atoms in total. The van der Waals surface area contributed by atoms with Crippen LogP contribution >= 0.6 is 0 Å². The Bertz CT molecular complexity index is 875. The maximum atomic E-state index is 11.5. The lowest BCUT2D eigenvalue weighted by Gasteiger charge is -2.32. The highest BCUT2D eigenvalue weighted by atomic mass is 32.2. The maximum Gasteiger partial charge on any atom is 0.293 e. The Morgan fingerprint density at radius 2 is 1.72 bits per heavy atom. The molecule has 2 aromatic carbocycles. The van der Waals surface area contributed by atoms with Gasteiger partial charge in [-0.3, -0.25) is 10.1 Å². The number of nitro benzene ring substituents is 1. The number of benzene rings is 2. The van der Waals surface area contributed by atoms with Crippen LogP contribution in [0.1, 0.15) is 32.4 Å². The van der Waals surface area contributed by atoms with Crippen molar-refractivity contribution >= 4 is 21.4 Å². The molecule has 0 aliphatic heterocycles. The second-order valence-corrected chi connectivity index (χ2v) is 8.40. The van der Waals surface area contributed by atoms with Crippen molar-refractivity contribution in [1.82, 2.24) is 0 Å². The zero-order valence-corrected chi connectivity index (χ0v) is 15.1. The van der Waals surface area contributed by atoms with E-state index in [4.69, 9.17) is 5.14 Å². The van der Waals surface area contributed by atoms with Gasteiger partial charge in [-0.15, -0.1) is 0 Å². The third-order valence-corrected chi connectivity index (χ3v) is 4.70. The fourth-order valence-electron chi connectivity index (χ4n) is 2.56. The molecule has 0 fully saturated rings. The molecule has 2 rings (SSSR count). The van der Waals surface area contributed by atoms with Gasteiger partial charge in [-0.1, -0.05) is 51.1 Å². The molecule has 0 saturated carbocycles. The quantitative estimate of drug-likeness (QED) is 0.623. The molecular formula is C17H21N3O4S. The Labute approximate surface area is 147 Å². The van der Waals surface area contributed by atoms with Crippen LogP contribution in [0.4, 0.5) is 11.4 Å². The summed E-state index contributed by atoms with van der Waals surface area (Å²) in [7, 11) is -4.02. The van der Waals surface area contributed by atoms with Crippen LogP contribution in [0.15, 0.2) is 53.4 Å². The first-order chi connectivity index (χ1) is 11.5. The zero-order chi connectivity index (χ0) is 18.8. The fraction of sp³-hybridized carbons (Fsp3) is 0.294. The van der Waals surface area contributed by atoms with E-state index in [1.807, 2.05) is 51.1 Å². The standard InChI is InChI=1S/C17H21N3O4S/c1-17(2,3)16(12-7-5-4-6-8-12)19-14-10-9-13(25(18,23)24)11-15(14)20(21)22/h4-11,16,19H,1-3H3,(H2,18,23,24).